The molecule has 2 aromatic rings. The smallest absolute Gasteiger partial charge is 0.465 e. The molecular weight excluding hydrogens is 479 g/mol. The number of carbonyl (C=O) groups excluding carboxylic acids is 2. The fraction of sp³-hybridized carbons (Fsp3) is 0.318. The van der Waals surface area contributed by atoms with E-state index in [1.54, 1.807) is 6.07 Å². The SMILES string of the molecule is O=C(O)NCC(=O)N1CCCCC1C(=O)Nc1ccc(-c2ccccc2OC(F)(F)F)c(Cl)c1. The van der Waals surface area contributed by atoms with Gasteiger partial charge in [-0.1, -0.05) is 35.9 Å². The van der Waals surface area contributed by atoms with E-state index in [2.05, 4.69) is 10.1 Å². The van der Waals surface area contributed by atoms with Crippen molar-refractivity contribution in [3.05, 3.63) is 47.5 Å². The molecule has 1 fully saturated rings. The molecule has 34 heavy (non-hydrogen) atoms. The van der Waals surface area contributed by atoms with Crippen LogP contribution in [0.25, 0.3) is 11.1 Å². The average molecular weight is 500 g/mol. The summed E-state index contributed by atoms with van der Waals surface area (Å²) >= 11 is 6.31. The Hall–Kier alpha value is -3.47. The first-order chi connectivity index (χ1) is 16.0. The zero-order chi connectivity index (χ0) is 24.9. The van der Waals surface area contributed by atoms with Crippen LogP contribution in [0.1, 0.15) is 19.3 Å². The predicted octanol–water partition coefficient (Wildman–Crippen LogP) is 4.49. The molecule has 1 saturated heterocycles. The summed E-state index contributed by atoms with van der Waals surface area (Å²) in [4.78, 5) is 37.2. The summed E-state index contributed by atoms with van der Waals surface area (Å²) in [6.45, 7) is -0.132. The second-order valence-electron chi connectivity index (χ2n) is 7.49. The molecule has 3 amide bonds. The Balaban J connectivity index is 1.76. The number of amides is 3. The van der Waals surface area contributed by atoms with Gasteiger partial charge in [0.25, 0.3) is 0 Å². The molecule has 3 N–H and O–H groups in total. The number of benzene rings is 2. The number of carbonyl (C=O) groups is 3. The molecule has 1 unspecified atom stereocenters. The van der Waals surface area contributed by atoms with Gasteiger partial charge in [0, 0.05) is 23.4 Å². The topological polar surface area (TPSA) is 108 Å². The van der Waals surface area contributed by atoms with Gasteiger partial charge in [0.1, 0.15) is 18.3 Å². The van der Waals surface area contributed by atoms with Gasteiger partial charge in [0.2, 0.25) is 11.8 Å². The predicted molar refractivity (Wildman–Crippen MR) is 118 cm³/mol. The highest BCUT2D eigenvalue weighted by Crippen LogP contribution is 2.38. The van der Waals surface area contributed by atoms with Crippen molar-refractivity contribution in [3.63, 3.8) is 0 Å². The molecule has 1 heterocycles. The third-order valence-electron chi connectivity index (χ3n) is 5.16. The van der Waals surface area contributed by atoms with Crippen molar-refractivity contribution in [2.75, 3.05) is 18.4 Å². The maximum Gasteiger partial charge on any atom is 0.573 e. The number of piperidine rings is 1. The third-order valence-corrected chi connectivity index (χ3v) is 5.47. The van der Waals surface area contributed by atoms with E-state index in [1.165, 1.54) is 41.3 Å². The summed E-state index contributed by atoms with van der Waals surface area (Å²) in [5.74, 6) is -1.41. The van der Waals surface area contributed by atoms with E-state index in [0.29, 0.717) is 25.8 Å². The Morgan fingerprint density at radius 1 is 1.12 bits per heavy atom. The van der Waals surface area contributed by atoms with Crippen LogP contribution in [0.5, 0.6) is 5.75 Å². The van der Waals surface area contributed by atoms with Crippen LogP contribution in [-0.4, -0.2) is 53.4 Å². The molecule has 0 radical (unpaired) electrons. The molecule has 3 rings (SSSR count). The van der Waals surface area contributed by atoms with E-state index in [0.717, 1.165) is 0 Å². The molecule has 182 valence electrons. The highest BCUT2D eigenvalue weighted by molar-refractivity contribution is 6.33. The van der Waals surface area contributed by atoms with E-state index in [9.17, 15) is 27.6 Å². The van der Waals surface area contributed by atoms with Gasteiger partial charge >= 0.3 is 12.5 Å². The normalized spacial score (nSPS) is 16.0. The molecule has 12 heteroatoms. The number of para-hydroxylation sites is 1. The van der Waals surface area contributed by atoms with Crippen LogP contribution < -0.4 is 15.4 Å². The first kappa shape index (κ1) is 25.2. The second kappa shape index (κ2) is 10.6. The van der Waals surface area contributed by atoms with Crippen LogP contribution in [0.4, 0.5) is 23.7 Å². The maximum atomic E-state index is 12.9. The van der Waals surface area contributed by atoms with Gasteiger partial charge < -0.3 is 25.4 Å². The van der Waals surface area contributed by atoms with Crippen molar-refractivity contribution < 1.29 is 37.4 Å². The van der Waals surface area contributed by atoms with Crippen LogP contribution in [-0.2, 0) is 9.59 Å². The number of nitrogens with one attached hydrogen (secondary N) is 2. The average Bonchev–Trinajstić information content (AvgIpc) is 2.77. The number of halogens is 4. The van der Waals surface area contributed by atoms with Gasteiger partial charge in [-0.3, -0.25) is 9.59 Å². The molecule has 1 atom stereocenters. The molecule has 8 nitrogen and oxygen atoms in total. The Morgan fingerprint density at radius 2 is 1.85 bits per heavy atom. The zero-order valence-corrected chi connectivity index (χ0v) is 18.4. The fourth-order valence-electron chi connectivity index (χ4n) is 3.70. The number of nitrogens with zero attached hydrogens (tertiary/aromatic N) is 1. The van der Waals surface area contributed by atoms with Gasteiger partial charge in [0.15, 0.2) is 0 Å². The number of carboxylic acid groups (broad SMARTS) is 1. The first-order valence-electron chi connectivity index (χ1n) is 10.3. The van der Waals surface area contributed by atoms with Crippen LogP contribution in [0.2, 0.25) is 5.02 Å². The molecule has 0 spiro atoms. The van der Waals surface area contributed by atoms with E-state index >= 15 is 0 Å². The molecular formula is C22H21ClF3N3O5. The number of likely N-dealkylation sites (tertiary alicyclic amines) is 1. The summed E-state index contributed by atoms with van der Waals surface area (Å²) < 4.78 is 42.3. The Bertz CT molecular complexity index is 1080. The molecule has 1 aliphatic heterocycles. The highest BCUT2D eigenvalue weighted by Gasteiger charge is 2.33. The minimum Gasteiger partial charge on any atom is -0.465 e. The van der Waals surface area contributed by atoms with Crippen LogP contribution in [0.15, 0.2) is 42.5 Å². The fourth-order valence-corrected chi connectivity index (χ4v) is 3.98. The van der Waals surface area contributed by atoms with Crippen molar-refractivity contribution >= 4 is 35.2 Å². The summed E-state index contributed by atoms with van der Waals surface area (Å²) in [7, 11) is 0. The molecule has 0 bridgehead atoms. The van der Waals surface area contributed by atoms with Crippen LogP contribution in [0, 0.1) is 0 Å². The van der Waals surface area contributed by atoms with Gasteiger partial charge in [0.05, 0.1) is 5.02 Å². The van der Waals surface area contributed by atoms with E-state index < -0.39 is 42.6 Å². The standard InChI is InChI=1S/C22H21ClF3N3O5/c23-16-11-13(8-9-14(16)15-5-1-2-7-18(15)34-22(24,25)26)28-20(31)17-6-3-4-10-29(17)19(30)12-27-21(32)33/h1-2,5,7-9,11,17,27H,3-4,6,10,12H2,(H,28,31)(H,32,33). The molecule has 0 aromatic heterocycles. The van der Waals surface area contributed by atoms with Crippen LogP contribution >= 0.6 is 11.6 Å². The Kier molecular flexibility index (Phi) is 7.87. The van der Waals surface area contributed by atoms with Crippen molar-refractivity contribution in [2.45, 2.75) is 31.7 Å². The maximum absolute atomic E-state index is 12.9. The zero-order valence-electron chi connectivity index (χ0n) is 17.7. The largest absolute Gasteiger partial charge is 0.573 e. The second-order valence-corrected chi connectivity index (χ2v) is 7.89. The first-order valence-corrected chi connectivity index (χ1v) is 10.6. The number of hydrogen-bond donors (Lipinski definition) is 3. The summed E-state index contributed by atoms with van der Waals surface area (Å²) in [5.41, 5.74) is 0.682. The monoisotopic (exact) mass is 499 g/mol. The Labute approximate surface area is 197 Å². The molecule has 0 aliphatic carbocycles. The van der Waals surface area contributed by atoms with Gasteiger partial charge in [-0.2, -0.15) is 0 Å². The lowest BCUT2D eigenvalue weighted by molar-refractivity contribution is -0.274. The number of ether oxygens (including phenoxy) is 1. The molecule has 1 aliphatic rings. The van der Waals surface area contributed by atoms with Gasteiger partial charge in [-0.15, -0.1) is 13.2 Å². The van der Waals surface area contributed by atoms with Crippen molar-refractivity contribution in [1.29, 1.82) is 0 Å². The quantitative estimate of drug-likeness (QED) is 0.542. The Morgan fingerprint density at radius 3 is 2.53 bits per heavy atom. The van der Waals surface area contributed by atoms with Crippen molar-refractivity contribution in [3.8, 4) is 16.9 Å². The molecule has 0 saturated carbocycles. The van der Waals surface area contributed by atoms with E-state index in [1.807, 2.05) is 5.32 Å². The number of alkyl halides is 3. The lowest BCUT2D eigenvalue weighted by atomic mass is 10.0. The highest BCUT2D eigenvalue weighted by atomic mass is 35.5. The number of rotatable bonds is 6. The minimum absolute atomic E-state index is 0.0817. The third kappa shape index (κ3) is 6.53. The van der Waals surface area contributed by atoms with E-state index in [4.69, 9.17) is 16.7 Å². The lowest BCUT2D eigenvalue weighted by Gasteiger charge is -2.34. The summed E-state index contributed by atoms with van der Waals surface area (Å²) in [5, 5.41) is 13.4. The van der Waals surface area contributed by atoms with Crippen molar-refractivity contribution in [2.24, 2.45) is 0 Å². The molecule has 2 aromatic carbocycles. The minimum atomic E-state index is -4.88. The summed E-state index contributed by atoms with van der Waals surface area (Å²) in [6.07, 6.45) is -4.42. The lowest BCUT2D eigenvalue weighted by Crippen LogP contribution is -2.52. The summed E-state index contributed by atoms with van der Waals surface area (Å²) in [6, 6.07) is 9.06. The van der Waals surface area contributed by atoms with Crippen molar-refractivity contribution in [1.82, 2.24) is 10.2 Å². The number of hydrogen-bond acceptors (Lipinski definition) is 4. The van der Waals surface area contributed by atoms with Gasteiger partial charge in [-0.25, -0.2) is 4.79 Å². The van der Waals surface area contributed by atoms with Gasteiger partial charge in [-0.05, 0) is 37.5 Å². The van der Waals surface area contributed by atoms with Crippen LogP contribution in [0.3, 0.4) is 0 Å². The number of anilines is 1. The van der Waals surface area contributed by atoms with E-state index in [-0.39, 0.29) is 21.8 Å².